The van der Waals surface area contributed by atoms with Crippen molar-refractivity contribution >= 4 is 5.91 Å². The Hall–Kier alpha value is -0.610. The second-order valence-corrected chi connectivity index (χ2v) is 4.15. The fourth-order valence-corrected chi connectivity index (χ4v) is 0.815. The van der Waals surface area contributed by atoms with Crippen LogP contribution in [-0.4, -0.2) is 37.7 Å². The third-order valence-corrected chi connectivity index (χ3v) is 1.55. The van der Waals surface area contributed by atoms with E-state index in [9.17, 15) is 4.79 Å². The lowest BCUT2D eigenvalue weighted by Gasteiger charge is -2.19. The summed E-state index contributed by atoms with van der Waals surface area (Å²) in [4.78, 5) is 11.2. The molecular weight excluding hydrogens is 180 g/mol. The van der Waals surface area contributed by atoms with Crippen LogP contribution in [0.3, 0.4) is 0 Å². The molecule has 0 unspecified atom stereocenters. The van der Waals surface area contributed by atoms with Crippen LogP contribution < -0.4 is 10.6 Å². The number of carbonyl (C=O) groups excluding carboxylic acids is 1. The second kappa shape index (κ2) is 6.79. The van der Waals surface area contributed by atoms with Crippen molar-refractivity contribution in [1.29, 1.82) is 0 Å². The average molecular weight is 202 g/mol. The topological polar surface area (TPSA) is 50.4 Å². The Morgan fingerprint density at radius 3 is 2.50 bits per heavy atom. The van der Waals surface area contributed by atoms with Gasteiger partial charge in [-0.2, -0.15) is 0 Å². The SMILES string of the molecule is CCOCCNC(=O)CNC(C)(C)C. The number of carbonyl (C=O) groups is 1. The molecule has 14 heavy (non-hydrogen) atoms. The van der Waals surface area contributed by atoms with Gasteiger partial charge in [0.05, 0.1) is 13.2 Å². The van der Waals surface area contributed by atoms with Crippen molar-refractivity contribution in [2.75, 3.05) is 26.3 Å². The zero-order valence-electron chi connectivity index (χ0n) is 9.64. The average Bonchev–Trinajstić information content (AvgIpc) is 2.08. The first-order chi connectivity index (χ1) is 6.45. The molecule has 0 radical (unpaired) electrons. The summed E-state index contributed by atoms with van der Waals surface area (Å²) in [6, 6.07) is 0. The van der Waals surface area contributed by atoms with Crippen LogP contribution in [0.4, 0.5) is 0 Å². The maximum atomic E-state index is 11.2. The minimum atomic E-state index is -0.0166. The maximum absolute atomic E-state index is 11.2. The van der Waals surface area contributed by atoms with Crippen molar-refractivity contribution in [2.24, 2.45) is 0 Å². The highest BCUT2D eigenvalue weighted by atomic mass is 16.5. The van der Waals surface area contributed by atoms with Crippen molar-refractivity contribution in [3.63, 3.8) is 0 Å². The molecule has 1 amide bonds. The molecule has 0 fully saturated rings. The molecule has 0 aliphatic heterocycles. The van der Waals surface area contributed by atoms with Gasteiger partial charge in [0.2, 0.25) is 5.91 Å². The summed E-state index contributed by atoms with van der Waals surface area (Å²) in [5, 5.41) is 5.87. The van der Waals surface area contributed by atoms with Gasteiger partial charge >= 0.3 is 0 Å². The van der Waals surface area contributed by atoms with Gasteiger partial charge in [-0.15, -0.1) is 0 Å². The summed E-state index contributed by atoms with van der Waals surface area (Å²) in [5.74, 6) is 0.0135. The van der Waals surface area contributed by atoms with Gasteiger partial charge in [0.1, 0.15) is 0 Å². The van der Waals surface area contributed by atoms with Crippen LogP contribution in [0.2, 0.25) is 0 Å². The predicted octanol–water partition coefficient (Wildman–Crippen LogP) is 0.527. The van der Waals surface area contributed by atoms with Crippen molar-refractivity contribution < 1.29 is 9.53 Å². The minimum absolute atomic E-state index is 0.0135. The standard InChI is InChI=1S/C10H22N2O2/c1-5-14-7-6-11-9(13)8-12-10(2,3)4/h12H,5-8H2,1-4H3,(H,11,13). The first kappa shape index (κ1) is 13.4. The quantitative estimate of drug-likeness (QED) is 0.618. The molecule has 0 atom stereocenters. The van der Waals surface area contributed by atoms with Crippen molar-refractivity contribution in [3.05, 3.63) is 0 Å². The molecule has 2 N–H and O–H groups in total. The fraction of sp³-hybridized carbons (Fsp3) is 0.900. The van der Waals surface area contributed by atoms with E-state index in [0.29, 0.717) is 26.3 Å². The summed E-state index contributed by atoms with van der Waals surface area (Å²) in [6.07, 6.45) is 0. The number of rotatable bonds is 6. The normalized spacial score (nSPS) is 11.4. The van der Waals surface area contributed by atoms with Gasteiger partial charge in [0.25, 0.3) is 0 Å². The van der Waals surface area contributed by atoms with E-state index in [-0.39, 0.29) is 11.4 Å². The van der Waals surface area contributed by atoms with E-state index >= 15 is 0 Å². The van der Waals surface area contributed by atoms with E-state index in [1.165, 1.54) is 0 Å². The molecule has 4 heteroatoms. The zero-order chi connectivity index (χ0) is 11.0. The molecular formula is C10H22N2O2. The smallest absolute Gasteiger partial charge is 0.234 e. The van der Waals surface area contributed by atoms with Gasteiger partial charge in [-0.1, -0.05) is 0 Å². The van der Waals surface area contributed by atoms with E-state index in [4.69, 9.17) is 4.74 Å². The van der Waals surface area contributed by atoms with Crippen LogP contribution >= 0.6 is 0 Å². The Balaban J connectivity index is 3.38. The second-order valence-electron chi connectivity index (χ2n) is 4.15. The lowest BCUT2D eigenvalue weighted by molar-refractivity contribution is -0.120. The third kappa shape index (κ3) is 9.48. The number of hydrogen-bond donors (Lipinski definition) is 2. The molecule has 0 aromatic carbocycles. The van der Waals surface area contributed by atoms with Gasteiger partial charge in [-0.05, 0) is 27.7 Å². The van der Waals surface area contributed by atoms with E-state index in [1.807, 2.05) is 27.7 Å². The lowest BCUT2D eigenvalue weighted by atomic mass is 10.1. The summed E-state index contributed by atoms with van der Waals surface area (Å²) in [5.41, 5.74) is -0.0166. The third-order valence-electron chi connectivity index (χ3n) is 1.55. The van der Waals surface area contributed by atoms with Crippen LogP contribution in [0.5, 0.6) is 0 Å². The van der Waals surface area contributed by atoms with Crippen LogP contribution in [0, 0.1) is 0 Å². The van der Waals surface area contributed by atoms with E-state index in [1.54, 1.807) is 0 Å². The first-order valence-electron chi connectivity index (χ1n) is 5.05. The minimum Gasteiger partial charge on any atom is -0.380 e. The molecule has 0 aromatic rings. The van der Waals surface area contributed by atoms with Crippen molar-refractivity contribution in [1.82, 2.24) is 10.6 Å². The van der Waals surface area contributed by atoms with E-state index in [0.717, 1.165) is 0 Å². The molecule has 0 aliphatic rings. The summed E-state index contributed by atoms with van der Waals surface area (Å²) in [6.45, 7) is 10.2. The van der Waals surface area contributed by atoms with Crippen molar-refractivity contribution in [2.45, 2.75) is 33.2 Å². The first-order valence-corrected chi connectivity index (χ1v) is 5.05. The van der Waals surface area contributed by atoms with E-state index in [2.05, 4.69) is 10.6 Å². The Morgan fingerprint density at radius 2 is 2.00 bits per heavy atom. The summed E-state index contributed by atoms with van der Waals surface area (Å²) in [7, 11) is 0. The van der Waals surface area contributed by atoms with Crippen molar-refractivity contribution in [3.8, 4) is 0 Å². The molecule has 0 heterocycles. The highest BCUT2D eigenvalue weighted by Crippen LogP contribution is 1.96. The molecule has 0 bridgehead atoms. The van der Waals surface area contributed by atoms with Gasteiger partial charge in [-0.3, -0.25) is 4.79 Å². The predicted molar refractivity (Wildman–Crippen MR) is 57.3 cm³/mol. The number of hydrogen-bond acceptors (Lipinski definition) is 3. The van der Waals surface area contributed by atoms with Crippen LogP contribution in [-0.2, 0) is 9.53 Å². The van der Waals surface area contributed by atoms with Gasteiger partial charge < -0.3 is 15.4 Å². The van der Waals surface area contributed by atoms with Crippen LogP contribution in [0.15, 0.2) is 0 Å². The highest BCUT2D eigenvalue weighted by molar-refractivity contribution is 5.78. The largest absolute Gasteiger partial charge is 0.380 e. The van der Waals surface area contributed by atoms with Gasteiger partial charge in [-0.25, -0.2) is 0 Å². The molecule has 0 saturated carbocycles. The zero-order valence-corrected chi connectivity index (χ0v) is 9.64. The van der Waals surface area contributed by atoms with Crippen LogP contribution in [0.1, 0.15) is 27.7 Å². The highest BCUT2D eigenvalue weighted by Gasteiger charge is 2.10. The van der Waals surface area contributed by atoms with Crippen LogP contribution in [0.25, 0.3) is 0 Å². The monoisotopic (exact) mass is 202 g/mol. The Labute approximate surface area is 86.4 Å². The number of nitrogens with one attached hydrogen (secondary N) is 2. The van der Waals surface area contributed by atoms with Gasteiger partial charge in [0, 0.05) is 18.7 Å². The molecule has 0 aliphatic carbocycles. The van der Waals surface area contributed by atoms with Gasteiger partial charge in [0.15, 0.2) is 0 Å². The molecule has 0 saturated heterocycles. The number of amides is 1. The molecule has 84 valence electrons. The van der Waals surface area contributed by atoms with E-state index < -0.39 is 0 Å². The summed E-state index contributed by atoms with van der Waals surface area (Å²) >= 11 is 0. The summed E-state index contributed by atoms with van der Waals surface area (Å²) < 4.78 is 5.09. The lowest BCUT2D eigenvalue weighted by Crippen LogP contribution is -2.43. The Kier molecular flexibility index (Phi) is 6.49. The molecule has 0 aromatic heterocycles. The number of ether oxygens (including phenoxy) is 1. The molecule has 0 spiro atoms. The molecule has 0 rings (SSSR count). The fourth-order valence-electron chi connectivity index (χ4n) is 0.815. The Bertz CT molecular complexity index is 164. The Morgan fingerprint density at radius 1 is 1.36 bits per heavy atom. The molecule has 4 nitrogen and oxygen atoms in total. The maximum Gasteiger partial charge on any atom is 0.234 e.